The summed E-state index contributed by atoms with van der Waals surface area (Å²) in [4.78, 5) is 10.4. The first-order chi connectivity index (χ1) is 7.15. The third-order valence-corrected chi connectivity index (χ3v) is 2.01. The highest BCUT2D eigenvalue weighted by Gasteiger charge is 2.18. The molecule has 5 heteroatoms. The molecule has 0 fully saturated rings. The quantitative estimate of drug-likeness (QED) is 0.571. The number of hydrogen-bond acceptors (Lipinski definition) is 5. The summed E-state index contributed by atoms with van der Waals surface area (Å²) in [5.41, 5.74) is 0.241. The van der Waals surface area contributed by atoms with E-state index in [2.05, 4.69) is 0 Å². The Morgan fingerprint density at radius 2 is 2.00 bits per heavy atom. The number of carbonyl (C=O) groups is 1. The molecule has 15 heavy (non-hydrogen) atoms. The Bertz CT molecular complexity index is 373. The van der Waals surface area contributed by atoms with Gasteiger partial charge in [-0.25, -0.2) is 0 Å². The summed E-state index contributed by atoms with van der Waals surface area (Å²) in [5, 5.41) is 19.2. The van der Waals surface area contributed by atoms with E-state index in [4.69, 9.17) is 9.47 Å². The maximum atomic E-state index is 10.4. The van der Waals surface area contributed by atoms with Crippen molar-refractivity contribution in [2.24, 2.45) is 0 Å². The molecule has 0 aliphatic carbocycles. The van der Waals surface area contributed by atoms with Gasteiger partial charge >= 0.3 is 0 Å². The van der Waals surface area contributed by atoms with Crippen LogP contribution < -0.4 is 9.47 Å². The number of phenols is 2. The number of aromatic hydroxyl groups is 2. The molecule has 0 bridgehead atoms. The van der Waals surface area contributed by atoms with Crippen molar-refractivity contribution in [2.45, 2.75) is 6.42 Å². The van der Waals surface area contributed by atoms with E-state index in [1.807, 2.05) is 0 Å². The second-order valence-corrected chi connectivity index (χ2v) is 2.83. The summed E-state index contributed by atoms with van der Waals surface area (Å²) < 4.78 is 9.73. The van der Waals surface area contributed by atoms with Crippen LogP contribution in [0.25, 0.3) is 0 Å². The van der Waals surface area contributed by atoms with Gasteiger partial charge in [0.25, 0.3) is 0 Å². The SMILES string of the molecule is COc1cc(O)c(CC=O)c(OC)c1O. The predicted octanol–water partition coefficient (Wildman–Crippen LogP) is 0.856. The summed E-state index contributed by atoms with van der Waals surface area (Å²) in [7, 11) is 2.69. The van der Waals surface area contributed by atoms with Crippen molar-refractivity contribution in [3.8, 4) is 23.0 Å². The van der Waals surface area contributed by atoms with Gasteiger partial charge < -0.3 is 24.5 Å². The Kier molecular flexibility index (Phi) is 3.38. The molecule has 0 saturated carbocycles. The summed E-state index contributed by atoms with van der Waals surface area (Å²) in [5.74, 6) is -0.221. The Morgan fingerprint density at radius 3 is 2.47 bits per heavy atom. The number of aldehydes is 1. The van der Waals surface area contributed by atoms with E-state index in [0.29, 0.717) is 6.29 Å². The number of hydrogen-bond donors (Lipinski definition) is 2. The largest absolute Gasteiger partial charge is 0.507 e. The summed E-state index contributed by atoms with van der Waals surface area (Å²) in [6.45, 7) is 0. The minimum Gasteiger partial charge on any atom is -0.507 e. The highest BCUT2D eigenvalue weighted by molar-refractivity contribution is 5.67. The fourth-order valence-corrected chi connectivity index (χ4v) is 1.31. The average molecular weight is 212 g/mol. The topological polar surface area (TPSA) is 76.0 Å². The van der Waals surface area contributed by atoms with Gasteiger partial charge in [-0.1, -0.05) is 0 Å². The lowest BCUT2D eigenvalue weighted by Crippen LogP contribution is -1.96. The number of ether oxygens (including phenoxy) is 2. The Labute approximate surface area is 86.9 Å². The highest BCUT2D eigenvalue weighted by Crippen LogP contribution is 2.43. The fraction of sp³-hybridized carbons (Fsp3) is 0.300. The highest BCUT2D eigenvalue weighted by atomic mass is 16.5. The molecule has 82 valence electrons. The molecule has 0 atom stereocenters. The van der Waals surface area contributed by atoms with Crippen molar-refractivity contribution < 1.29 is 24.5 Å². The molecule has 1 rings (SSSR count). The first-order valence-electron chi connectivity index (χ1n) is 4.25. The molecule has 2 N–H and O–H groups in total. The molecule has 0 aromatic heterocycles. The van der Waals surface area contributed by atoms with E-state index >= 15 is 0 Å². The van der Waals surface area contributed by atoms with E-state index in [0.717, 1.165) is 0 Å². The summed E-state index contributed by atoms with van der Waals surface area (Å²) >= 11 is 0. The van der Waals surface area contributed by atoms with Gasteiger partial charge in [-0.2, -0.15) is 0 Å². The Morgan fingerprint density at radius 1 is 1.33 bits per heavy atom. The van der Waals surface area contributed by atoms with Gasteiger partial charge in [0, 0.05) is 18.1 Å². The van der Waals surface area contributed by atoms with E-state index < -0.39 is 0 Å². The van der Waals surface area contributed by atoms with E-state index in [-0.39, 0.29) is 35.0 Å². The van der Waals surface area contributed by atoms with E-state index in [9.17, 15) is 15.0 Å². The van der Waals surface area contributed by atoms with Crippen LogP contribution in [0.5, 0.6) is 23.0 Å². The smallest absolute Gasteiger partial charge is 0.201 e. The van der Waals surface area contributed by atoms with Crippen molar-refractivity contribution >= 4 is 6.29 Å². The molecule has 5 nitrogen and oxygen atoms in total. The fourth-order valence-electron chi connectivity index (χ4n) is 1.31. The lowest BCUT2D eigenvalue weighted by Gasteiger charge is -2.13. The van der Waals surface area contributed by atoms with Gasteiger partial charge in [0.05, 0.1) is 14.2 Å². The van der Waals surface area contributed by atoms with Gasteiger partial charge in [0.1, 0.15) is 12.0 Å². The maximum Gasteiger partial charge on any atom is 0.201 e. The lowest BCUT2D eigenvalue weighted by molar-refractivity contribution is -0.107. The van der Waals surface area contributed by atoms with Crippen LogP contribution >= 0.6 is 0 Å². The molecule has 0 aliphatic rings. The van der Waals surface area contributed by atoms with Crippen LogP contribution in [0.3, 0.4) is 0 Å². The van der Waals surface area contributed by atoms with Crippen LogP contribution in [0, 0.1) is 0 Å². The number of rotatable bonds is 4. The van der Waals surface area contributed by atoms with Gasteiger partial charge in [0.2, 0.25) is 5.75 Å². The number of benzene rings is 1. The molecule has 0 spiro atoms. The molecule has 0 heterocycles. The van der Waals surface area contributed by atoms with Crippen LogP contribution in [0.2, 0.25) is 0 Å². The van der Waals surface area contributed by atoms with Gasteiger partial charge in [-0.3, -0.25) is 0 Å². The molecule has 1 aromatic rings. The lowest BCUT2D eigenvalue weighted by atomic mass is 10.1. The van der Waals surface area contributed by atoms with Crippen LogP contribution in [-0.4, -0.2) is 30.7 Å². The Hall–Kier alpha value is -1.91. The monoisotopic (exact) mass is 212 g/mol. The van der Waals surface area contributed by atoms with Gasteiger partial charge in [0.15, 0.2) is 11.5 Å². The van der Waals surface area contributed by atoms with Crippen molar-refractivity contribution in [3.63, 3.8) is 0 Å². The third-order valence-electron chi connectivity index (χ3n) is 2.01. The van der Waals surface area contributed by atoms with Crippen LogP contribution in [-0.2, 0) is 11.2 Å². The number of carbonyl (C=O) groups excluding carboxylic acids is 1. The van der Waals surface area contributed by atoms with E-state index in [1.54, 1.807) is 0 Å². The molecule has 0 radical (unpaired) electrons. The van der Waals surface area contributed by atoms with Crippen molar-refractivity contribution in [1.29, 1.82) is 0 Å². The minimum atomic E-state index is -0.227. The molecule has 0 aliphatic heterocycles. The average Bonchev–Trinajstić information content (AvgIpc) is 2.23. The predicted molar refractivity (Wildman–Crippen MR) is 52.6 cm³/mol. The minimum absolute atomic E-state index is 0.0352. The second-order valence-electron chi connectivity index (χ2n) is 2.83. The molecule has 0 saturated heterocycles. The molecular weight excluding hydrogens is 200 g/mol. The zero-order chi connectivity index (χ0) is 11.4. The standard InChI is InChI=1S/C10H12O5/c1-14-8-5-7(12)6(3-4-11)10(15-2)9(8)13/h4-5,12-13H,3H2,1-2H3. The Balaban J connectivity index is 3.38. The van der Waals surface area contributed by atoms with Crippen LogP contribution in [0.1, 0.15) is 5.56 Å². The van der Waals surface area contributed by atoms with Gasteiger partial charge in [-0.15, -0.1) is 0 Å². The van der Waals surface area contributed by atoms with Crippen LogP contribution in [0.4, 0.5) is 0 Å². The van der Waals surface area contributed by atoms with Crippen molar-refractivity contribution in [1.82, 2.24) is 0 Å². The first kappa shape index (κ1) is 11.2. The molecule has 0 unspecified atom stereocenters. The second kappa shape index (κ2) is 4.54. The van der Waals surface area contributed by atoms with Crippen molar-refractivity contribution in [3.05, 3.63) is 11.6 Å². The molecule has 1 aromatic carbocycles. The summed E-state index contributed by atoms with van der Waals surface area (Å²) in [6.07, 6.45) is 0.579. The normalized spacial score (nSPS) is 9.73. The van der Waals surface area contributed by atoms with E-state index in [1.165, 1.54) is 20.3 Å². The third kappa shape index (κ3) is 1.96. The van der Waals surface area contributed by atoms with Gasteiger partial charge in [-0.05, 0) is 0 Å². The summed E-state index contributed by atoms with van der Waals surface area (Å²) in [6, 6.07) is 1.23. The maximum absolute atomic E-state index is 10.4. The first-order valence-corrected chi connectivity index (χ1v) is 4.25. The molecule has 0 amide bonds. The zero-order valence-corrected chi connectivity index (χ0v) is 8.48. The number of methoxy groups -OCH3 is 2. The zero-order valence-electron chi connectivity index (χ0n) is 8.48. The number of phenolic OH excluding ortho intramolecular Hbond substituents is 2. The molecular formula is C10H12O5. The van der Waals surface area contributed by atoms with Crippen molar-refractivity contribution in [2.75, 3.05) is 14.2 Å². The van der Waals surface area contributed by atoms with Crippen LogP contribution in [0.15, 0.2) is 6.07 Å².